The minimum absolute atomic E-state index is 0.847. The van der Waals surface area contributed by atoms with Crippen LogP contribution in [0.1, 0.15) is 59.3 Å². The van der Waals surface area contributed by atoms with E-state index in [9.17, 15) is 0 Å². The zero-order chi connectivity index (χ0) is 9.94. The average molecular weight is 186 g/mol. The van der Waals surface area contributed by atoms with Gasteiger partial charge in [0.25, 0.3) is 0 Å². The van der Waals surface area contributed by atoms with Crippen molar-refractivity contribution >= 4 is 0 Å². The van der Waals surface area contributed by atoms with Crippen molar-refractivity contribution in [1.82, 2.24) is 0 Å². The molecule has 0 heterocycles. The Labute approximate surface area is 83.9 Å². The Hall–Kier alpha value is -0.0400. The monoisotopic (exact) mass is 186 g/mol. The second-order valence-corrected chi connectivity index (χ2v) is 4.21. The molecule has 13 heavy (non-hydrogen) atoms. The Bertz CT molecular complexity index is 89.1. The van der Waals surface area contributed by atoms with Crippen LogP contribution in [0.15, 0.2) is 0 Å². The second kappa shape index (κ2) is 10.0. The van der Waals surface area contributed by atoms with Crippen LogP contribution in [0, 0.1) is 5.92 Å². The lowest BCUT2D eigenvalue weighted by Gasteiger charge is -2.05. The van der Waals surface area contributed by atoms with Crippen LogP contribution < -0.4 is 0 Å². The third-order valence-corrected chi connectivity index (χ3v) is 2.21. The Balaban J connectivity index is 2.84. The number of rotatable bonds is 9. The predicted molar refractivity (Wildman–Crippen MR) is 59.0 cm³/mol. The summed E-state index contributed by atoms with van der Waals surface area (Å²) < 4.78 is 5.52. The lowest BCUT2D eigenvalue weighted by Crippen LogP contribution is -1.97. The molecule has 1 heteroatoms. The molecule has 0 saturated carbocycles. The van der Waals surface area contributed by atoms with Gasteiger partial charge in [-0.2, -0.15) is 0 Å². The predicted octanol–water partition coefficient (Wildman–Crippen LogP) is 4.02. The van der Waals surface area contributed by atoms with Crippen molar-refractivity contribution in [2.24, 2.45) is 5.92 Å². The summed E-state index contributed by atoms with van der Waals surface area (Å²) in [4.78, 5) is 0. The van der Waals surface area contributed by atoms with Gasteiger partial charge in [-0.25, -0.2) is 0 Å². The van der Waals surface area contributed by atoms with E-state index in [1.165, 1.54) is 38.5 Å². The summed E-state index contributed by atoms with van der Waals surface area (Å²) in [6.45, 7) is 8.72. The summed E-state index contributed by atoms with van der Waals surface area (Å²) in [6, 6.07) is 0. The first kappa shape index (κ1) is 13.0. The molecule has 0 fully saturated rings. The maximum atomic E-state index is 5.52. The van der Waals surface area contributed by atoms with Crippen LogP contribution in [0.3, 0.4) is 0 Å². The van der Waals surface area contributed by atoms with Crippen LogP contribution in [0.4, 0.5) is 0 Å². The van der Waals surface area contributed by atoms with E-state index in [0.717, 1.165) is 19.1 Å². The number of hydrogen-bond donors (Lipinski definition) is 0. The lowest BCUT2D eigenvalue weighted by molar-refractivity contribution is 0.125. The van der Waals surface area contributed by atoms with E-state index < -0.39 is 0 Å². The van der Waals surface area contributed by atoms with Crippen LogP contribution in [0.2, 0.25) is 0 Å². The van der Waals surface area contributed by atoms with Crippen LogP contribution in [0.25, 0.3) is 0 Å². The van der Waals surface area contributed by atoms with Crippen molar-refractivity contribution in [1.29, 1.82) is 0 Å². The molecule has 0 atom stereocenters. The summed E-state index contributed by atoms with van der Waals surface area (Å²) >= 11 is 0. The Morgan fingerprint density at radius 1 is 0.923 bits per heavy atom. The second-order valence-electron chi connectivity index (χ2n) is 4.21. The lowest BCUT2D eigenvalue weighted by atomic mass is 10.1. The average Bonchev–Trinajstić information content (AvgIpc) is 2.09. The molecule has 0 aliphatic carbocycles. The fourth-order valence-corrected chi connectivity index (χ4v) is 1.31. The van der Waals surface area contributed by atoms with Crippen LogP contribution in [0.5, 0.6) is 0 Å². The highest BCUT2D eigenvalue weighted by atomic mass is 16.5. The van der Waals surface area contributed by atoms with Gasteiger partial charge < -0.3 is 4.74 Å². The number of unbranched alkanes of at least 4 members (excludes halogenated alkanes) is 3. The minimum Gasteiger partial charge on any atom is -0.381 e. The topological polar surface area (TPSA) is 9.23 Å². The van der Waals surface area contributed by atoms with Crippen molar-refractivity contribution in [3.63, 3.8) is 0 Å². The van der Waals surface area contributed by atoms with Crippen LogP contribution in [-0.4, -0.2) is 13.2 Å². The van der Waals surface area contributed by atoms with Gasteiger partial charge in [-0.1, -0.05) is 46.5 Å². The van der Waals surface area contributed by atoms with E-state index in [-0.39, 0.29) is 0 Å². The molecule has 0 aromatic rings. The summed E-state index contributed by atoms with van der Waals surface area (Å²) in [7, 11) is 0. The zero-order valence-electron chi connectivity index (χ0n) is 9.64. The van der Waals surface area contributed by atoms with Crippen molar-refractivity contribution < 1.29 is 4.74 Å². The Morgan fingerprint density at radius 3 is 2.08 bits per heavy atom. The van der Waals surface area contributed by atoms with Gasteiger partial charge in [0.05, 0.1) is 0 Å². The fourth-order valence-electron chi connectivity index (χ4n) is 1.31. The molecular weight excluding hydrogens is 160 g/mol. The molecule has 80 valence electrons. The smallest absolute Gasteiger partial charge is 0.0466 e. The van der Waals surface area contributed by atoms with Gasteiger partial charge in [-0.05, 0) is 18.8 Å². The van der Waals surface area contributed by atoms with E-state index in [4.69, 9.17) is 4.74 Å². The van der Waals surface area contributed by atoms with Gasteiger partial charge in [0.15, 0.2) is 0 Å². The minimum atomic E-state index is 0.847. The molecule has 0 spiro atoms. The molecule has 0 saturated heterocycles. The van der Waals surface area contributed by atoms with Crippen molar-refractivity contribution in [3.05, 3.63) is 0 Å². The number of hydrogen-bond acceptors (Lipinski definition) is 1. The highest BCUT2D eigenvalue weighted by molar-refractivity contribution is 4.46. The summed E-state index contributed by atoms with van der Waals surface area (Å²) in [6.07, 6.45) is 7.75. The standard InChI is InChI=1S/C12H26O/c1-4-5-7-10-13-11-8-6-9-12(2)3/h12H,4-11H2,1-3H3. The third-order valence-electron chi connectivity index (χ3n) is 2.21. The van der Waals surface area contributed by atoms with E-state index >= 15 is 0 Å². The quantitative estimate of drug-likeness (QED) is 0.494. The molecule has 0 aromatic carbocycles. The number of ether oxygens (including phenoxy) is 1. The van der Waals surface area contributed by atoms with Crippen LogP contribution >= 0.6 is 0 Å². The SMILES string of the molecule is CCCCCOCCCCC(C)C. The molecule has 0 aliphatic rings. The maximum absolute atomic E-state index is 5.52. The molecule has 0 aliphatic heterocycles. The zero-order valence-corrected chi connectivity index (χ0v) is 9.64. The molecule has 0 aromatic heterocycles. The molecule has 0 amide bonds. The van der Waals surface area contributed by atoms with Gasteiger partial charge in [-0.3, -0.25) is 0 Å². The summed E-state index contributed by atoms with van der Waals surface area (Å²) in [5.74, 6) is 0.847. The Kier molecular flexibility index (Phi) is 10.0. The van der Waals surface area contributed by atoms with Crippen molar-refractivity contribution in [2.75, 3.05) is 13.2 Å². The van der Waals surface area contributed by atoms with Crippen molar-refractivity contribution in [2.45, 2.75) is 59.3 Å². The molecule has 0 rings (SSSR count). The molecule has 0 unspecified atom stereocenters. The first-order chi connectivity index (χ1) is 6.27. The fraction of sp³-hybridized carbons (Fsp3) is 1.00. The molecule has 1 nitrogen and oxygen atoms in total. The first-order valence-electron chi connectivity index (χ1n) is 5.85. The van der Waals surface area contributed by atoms with E-state index in [0.29, 0.717) is 0 Å². The van der Waals surface area contributed by atoms with Gasteiger partial charge in [0.1, 0.15) is 0 Å². The molecule has 0 radical (unpaired) electrons. The van der Waals surface area contributed by atoms with E-state index in [2.05, 4.69) is 20.8 Å². The first-order valence-corrected chi connectivity index (χ1v) is 5.85. The molecular formula is C12H26O. The van der Waals surface area contributed by atoms with Gasteiger partial charge in [-0.15, -0.1) is 0 Å². The summed E-state index contributed by atoms with van der Waals surface area (Å²) in [5, 5.41) is 0. The highest BCUT2D eigenvalue weighted by Crippen LogP contribution is 2.06. The maximum Gasteiger partial charge on any atom is 0.0466 e. The van der Waals surface area contributed by atoms with E-state index in [1.54, 1.807) is 0 Å². The van der Waals surface area contributed by atoms with Crippen molar-refractivity contribution in [3.8, 4) is 0 Å². The highest BCUT2D eigenvalue weighted by Gasteiger charge is 1.94. The van der Waals surface area contributed by atoms with Gasteiger partial charge in [0, 0.05) is 13.2 Å². The van der Waals surface area contributed by atoms with E-state index in [1.807, 2.05) is 0 Å². The Morgan fingerprint density at radius 2 is 1.54 bits per heavy atom. The van der Waals surface area contributed by atoms with Gasteiger partial charge >= 0.3 is 0 Å². The normalized spacial score (nSPS) is 11.1. The molecule has 0 N–H and O–H groups in total. The van der Waals surface area contributed by atoms with Crippen LogP contribution in [-0.2, 0) is 4.74 Å². The van der Waals surface area contributed by atoms with Gasteiger partial charge in [0.2, 0.25) is 0 Å². The summed E-state index contributed by atoms with van der Waals surface area (Å²) in [5.41, 5.74) is 0. The largest absolute Gasteiger partial charge is 0.381 e. The third kappa shape index (κ3) is 12.0. The molecule has 0 bridgehead atoms.